The summed E-state index contributed by atoms with van der Waals surface area (Å²) >= 11 is 1.80. The molecule has 3 rings (SSSR count). The number of rotatable bonds is 5. The molecular weight excluding hydrogens is 268 g/mol. The summed E-state index contributed by atoms with van der Waals surface area (Å²) in [5.41, 5.74) is 3.61. The van der Waals surface area contributed by atoms with Crippen molar-refractivity contribution < 1.29 is 0 Å². The molecule has 2 heterocycles. The minimum absolute atomic E-state index is 0.198. The average Bonchev–Trinajstić information content (AvgIpc) is 3.07. The van der Waals surface area contributed by atoms with Crippen LogP contribution in [0.15, 0.2) is 6.20 Å². The van der Waals surface area contributed by atoms with Gasteiger partial charge in [-0.15, -0.1) is 11.3 Å². The Kier molecular flexibility index (Phi) is 3.65. The molecule has 0 amide bonds. The van der Waals surface area contributed by atoms with E-state index in [9.17, 15) is 0 Å². The molecule has 1 aliphatic rings. The number of hydrogen-bond acceptors (Lipinski definition) is 4. The minimum Gasteiger partial charge on any atom is -0.301 e. The maximum Gasteiger partial charge on any atom is 0.115 e. The second-order valence-corrected chi connectivity index (χ2v) is 6.86. The van der Waals surface area contributed by atoms with Crippen LogP contribution in [0.5, 0.6) is 0 Å². The number of nitrogens with one attached hydrogen (secondary N) is 1. The summed E-state index contributed by atoms with van der Waals surface area (Å²) in [6.45, 7) is 6.40. The topological polar surface area (TPSA) is 42.7 Å². The Morgan fingerprint density at radius 3 is 2.75 bits per heavy atom. The summed E-state index contributed by atoms with van der Waals surface area (Å²) in [5, 5.41) is 9.51. The monoisotopic (exact) mass is 290 g/mol. The molecule has 108 valence electrons. The maximum atomic E-state index is 4.77. The third-order valence-electron chi connectivity index (χ3n) is 3.86. The van der Waals surface area contributed by atoms with Crippen LogP contribution < -0.4 is 5.32 Å². The van der Waals surface area contributed by atoms with Crippen LogP contribution in [0.1, 0.15) is 52.6 Å². The summed E-state index contributed by atoms with van der Waals surface area (Å²) in [6, 6.07) is 0.845. The van der Waals surface area contributed by atoms with Crippen LogP contribution in [0.4, 0.5) is 0 Å². The van der Waals surface area contributed by atoms with Crippen LogP contribution in [0.2, 0.25) is 0 Å². The largest absolute Gasteiger partial charge is 0.301 e. The lowest BCUT2D eigenvalue weighted by molar-refractivity contribution is 0.593. The number of aryl methyl sites for hydroxylation is 4. The summed E-state index contributed by atoms with van der Waals surface area (Å²) in [5.74, 6) is 0. The van der Waals surface area contributed by atoms with E-state index in [0.29, 0.717) is 6.04 Å². The first kappa shape index (κ1) is 13.8. The highest BCUT2D eigenvalue weighted by Gasteiger charge is 2.30. The van der Waals surface area contributed by atoms with Gasteiger partial charge in [-0.3, -0.25) is 4.68 Å². The van der Waals surface area contributed by atoms with Crippen LogP contribution in [0.3, 0.4) is 0 Å². The van der Waals surface area contributed by atoms with Crippen molar-refractivity contribution in [3.63, 3.8) is 0 Å². The van der Waals surface area contributed by atoms with E-state index in [1.807, 2.05) is 11.7 Å². The van der Waals surface area contributed by atoms with Crippen LogP contribution in [-0.2, 0) is 13.5 Å². The average molecular weight is 290 g/mol. The van der Waals surface area contributed by atoms with Crippen LogP contribution in [-0.4, -0.2) is 20.8 Å². The highest BCUT2D eigenvalue weighted by molar-refractivity contribution is 7.11. The number of thiazole rings is 1. The van der Waals surface area contributed by atoms with Gasteiger partial charge in [-0.2, -0.15) is 5.10 Å². The number of nitrogens with zero attached hydrogens (tertiary/aromatic N) is 3. The fourth-order valence-electron chi connectivity index (χ4n) is 2.47. The highest BCUT2D eigenvalue weighted by atomic mass is 32.1. The van der Waals surface area contributed by atoms with Gasteiger partial charge in [0.15, 0.2) is 0 Å². The van der Waals surface area contributed by atoms with Gasteiger partial charge in [-0.1, -0.05) is 6.92 Å². The molecule has 0 saturated heterocycles. The first-order valence-corrected chi connectivity index (χ1v) is 8.12. The van der Waals surface area contributed by atoms with Gasteiger partial charge in [0.25, 0.3) is 0 Å². The van der Waals surface area contributed by atoms with E-state index >= 15 is 0 Å². The van der Waals surface area contributed by atoms with Gasteiger partial charge in [-0.05, 0) is 33.1 Å². The zero-order chi connectivity index (χ0) is 14.3. The van der Waals surface area contributed by atoms with Crippen molar-refractivity contribution in [3.8, 4) is 0 Å². The van der Waals surface area contributed by atoms with Gasteiger partial charge < -0.3 is 5.32 Å². The summed E-state index contributed by atoms with van der Waals surface area (Å²) in [6.07, 6.45) is 5.66. The fourth-order valence-corrected chi connectivity index (χ4v) is 3.47. The lowest BCUT2D eigenvalue weighted by Gasteiger charge is -2.16. The molecule has 2 aromatic rings. The lowest BCUT2D eigenvalue weighted by atomic mass is 10.1. The van der Waals surface area contributed by atoms with Gasteiger partial charge in [0.1, 0.15) is 5.01 Å². The van der Waals surface area contributed by atoms with Crippen molar-refractivity contribution >= 4 is 11.3 Å². The van der Waals surface area contributed by atoms with Gasteiger partial charge in [-0.25, -0.2) is 4.98 Å². The standard InChI is InChI=1S/C15H22N4S/c1-5-13-12(8-19(4)18-13)14(17-11-6-7-11)15-16-9(2)10(3)20-15/h8,11,14,17H,5-7H2,1-4H3. The molecule has 5 heteroatoms. The normalized spacial score (nSPS) is 16.6. The number of aromatic nitrogens is 3. The smallest absolute Gasteiger partial charge is 0.115 e. The van der Waals surface area contributed by atoms with Gasteiger partial charge >= 0.3 is 0 Å². The Morgan fingerprint density at radius 1 is 1.45 bits per heavy atom. The molecule has 0 aromatic carbocycles. The van der Waals surface area contributed by atoms with Gasteiger partial charge in [0.2, 0.25) is 0 Å². The molecule has 1 fully saturated rings. The van der Waals surface area contributed by atoms with E-state index in [4.69, 9.17) is 4.98 Å². The van der Waals surface area contributed by atoms with E-state index < -0.39 is 0 Å². The predicted octanol–water partition coefficient (Wildman–Crippen LogP) is 2.90. The molecule has 0 radical (unpaired) electrons. The molecular formula is C15H22N4S. The SMILES string of the molecule is CCc1nn(C)cc1C(NC1CC1)c1nc(C)c(C)s1. The van der Waals surface area contributed by atoms with E-state index in [1.54, 1.807) is 11.3 Å². The molecule has 1 unspecified atom stereocenters. The van der Waals surface area contributed by atoms with Gasteiger partial charge in [0, 0.05) is 29.7 Å². The zero-order valence-corrected chi connectivity index (χ0v) is 13.4. The third-order valence-corrected chi connectivity index (χ3v) is 4.99. The summed E-state index contributed by atoms with van der Waals surface area (Å²) < 4.78 is 1.92. The molecule has 20 heavy (non-hydrogen) atoms. The highest BCUT2D eigenvalue weighted by Crippen LogP contribution is 2.33. The summed E-state index contributed by atoms with van der Waals surface area (Å²) in [7, 11) is 2.00. The molecule has 1 saturated carbocycles. The Balaban J connectivity index is 2.00. The Bertz CT molecular complexity index is 590. The third kappa shape index (κ3) is 2.65. The minimum atomic E-state index is 0.198. The first-order chi connectivity index (χ1) is 9.58. The molecule has 0 aliphatic heterocycles. The second kappa shape index (κ2) is 5.30. The Morgan fingerprint density at radius 2 is 2.20 bits per heavy atom. The van der Waals surface area contributed by atoms with Crippen molar-refractivity contribution in [3.05, 3.63) is 33.0 Å². The molecule has 2 aromatic heterocycles. The molecule has 1 N–H and O–H groups in total. The van der Waals surface area contributed by atoms with Crippen molar-refractivity contribution in [2.75, 3.05) is 0 Å². The van der Waals surface area contributed by atoms with Crippen LogP contribution >= 0.6 is 11.3 Å². The van der Waals surface area contributed by atoms with E-state index in [-0.39, 0.29) is 6.04 Å². The molecule has 4 nitrogen and oxygen atoms in total. The number of hydrogen-bond donors (Lipinski definition) is 1. The van der Waals surface area contributed by atoms with E-state index in [0.717, 1.165) is 12.1 Å². The lowest BCUT2D eigenvalue weighted by Crippen LogP contribution is -2.25. The second-order valence-electron chi connectivity index (χ2n) is 5.63. The quantitative estimate of drug-likeness (QED) is 0.920. The first-order valence-electron chi connectivity index (χ1n) is 7.31. The zero-order valence-electron chi connectivity index (χ0n) is 12.6. The molecule has 0 bridgehead atoms. The Labute approximate surface area is 124 Å². The van der Waals surface area contributed by atoms with Crippen molar-refractivity contribution in [1.82, 2.24) is 20.1 Å². The molecule has 1 aliphatic carbocycles. The van der Waals surface area contributed by atoms with Gasteiger partial charge in [0.05, 0.1) is 17.4 Å². The van der Waals surface area contributed by atoms with Crippen LogP contribution in [0, 0.1) is 13.8 Å². The predicted molar refractivity (Wildman–Crippen MR) is 82.2 cm³/mol. The van der Waals surface area contributed by atoms with Crippen molar-refractivity contribution in [2.45, 2.75) is 52.1 Å². The molecule has 1 atom stereocenters. The maximum absolute atomic E-state index is 4.77. The van der Waals surface area contributed by atoms with Crippen molar-refractivity contribution in [1.29, 1.82) is 0 Å². The fraction of sp³-hybridized carbons (Fsp3) is 0.600. The summed E-state index contributed by atoms with van der Waals surface area (Å²) in [4.78, 5) is 6.08. The van der Waals surface area contributed by atoms with E-state index in [1.165, 1.54) is 34.0 Å². The Hall–Kier alpha value is -1.20. The molecule has 0 spiro atoms. The van der Waals surface area contributed by atoms with Crippen molar-refractivity contribution in [2.24, 2.45) is 7.05 Å². The van der Waals surface area contributed by atoms with E-state index in [2.05, 4.69) is 37.4 Å². The van der Waals surface area contributed by atoms with Crippen LogP contribution in [0.25, 0.3) is 0 Å².